The number of hydrogen-bond acceptors (Lipinski definition) is 2. The summed E-state index contributed by atoms with van der Waals surface area (Å²) in [5.41, 5.74) is 0. The van der Waals surface area contributed by atoms with E-state index in [4.69, 9.17) is 0 Å². The zero-order chi connectivity index (χ0) is 9.14. The first-order chi connectivity index (χ1) is 5.59. The number of nitrogens with one attached hydrogen (secondary N) is 2. The maximum absolute atomic E-state index is 11.0. The molecule has 3 amide bonds. The quantitative estimate of drug-likeness (QED) is 0.558. The standard InChI is InChI=1S/C7H13N3O2/c1-5(11)8-6-3-4-10(2)7(12)9-6/h6H,3-4H2,1-2H3,(H,8,11)(H,9,12). The largest absolute Gasteiger partial charge is 0.336 e. The van der Waals surface area contributed by atoms with Crippen molar-refractivity contribution in [3.05, 3.63) is 0 Å². The Balaban J connectivity index is 2.40. The minimum Gasteiger partial charge on any atom is -0.336 e. The molecule has 0 spiro atoms. The Morgan fingerprint density at radius 2 is 2.42 bits per heavy atom. The molecule has 0 aromatic heterocycles. The summed E-state index contributed by atoms with van der Waals surface area (Å²) in [6, 6.07) is -0.139. The first kappa shape index (κ1) is 8.83. The second-order valence-electron chi connectivity index (χ2n) is 2.91. The third kappa shape index (κ3) is 2.11. The second-order valence-corrected chi connectivity index (χ2v) is 2.91. The molecule has 0 bridgehead atoms. The first-order valence-electron chi connectivity index (χ1n) is 3.88. The van der Waals surface area contributed by atoms with Gasteiger partial charge >= 0.3 is 6.03 Å². The smallest absolute Gasteiger partial charge is 0.318 e. The molecule has 0 saturated carbocycles. The van der Waals surface area contributed by atoms with E-state index in [1.165, 1.54) is 6.92 Å². The number of hydrogen-bond donors (Lipinski definition) is 2. The lowest BCUT2D eigenvalue weighted by molar-refractivity contribution is -0.119. The Kier molecular flexibility index (Phi) is 2.52. The fourth-order valence-corrected chi connectivity index (χ4v) is 1.11. The normalized spacial score (nSPS) is 23.3. The molecule has 1 fully saturated rings. The van der Waals surface area contributed by atoms with Gasteiger partial charge in [0.15, 0.2) is 0 Å². The average Bonchev–Trinajstić information content (AvgIpc) is 1.96. The van der Waals surface area contributed by atoms with Crippen LogP contribution in [-0.4, -0.2) is 36.6 Å². The van der Waals surface area contributed by atoms with Gasteiger partial charge in [-0.1, -0.05) is 0 Å². The van der Waals surface area contributed by atoms with Crippen LogP contribution in [0.15, 0.2) is 0 Å². The number of carbonyl (C=O) groups is 2. The third-order valence-corrected chi connectivity index (χ3v) is 1.78. The lowest BCUT2D eigenvalue weighted by Gasteiger charge is -2.30. The Bertz CT molecular complexity index is 205. The van der Waals surface area contributed by atoms with Crippen molar-refractivity contribution < 1.29 is 9.59 Å². The van der Waals surface area contributed by atoms with Gasteiger partial charge in [-0.3, -0.25) is 4.79 Å². The van der Waals surface area contributed by atoms with E-state index in [-0.39, 0.29) is 18.1 Å². The molecule has 1 heterocycles. The fourth-order valence-electron chi connectivity index (χ4n) is 1.11. The van der Waals surface area contributed by atoms with Gasteiger partial charge in [0.1, 0.15) is 6.17 Å². The van der Waals surface area contributed by atoms with Crippen LogP contribution >= 0.6 is 0 Å². The highest BCUT2D eigenvalue weighted by Crippen LogP contribution is 2.00. The summed E-state index contributed by atoms with van der Waals surface area (Å²) >= 11 is 0. The zero-order valence-electron chi connectivity index (χ0n) is 7.26. The molecule has 0 aromatic carbocycles. The molecule has 1 aliphatic heterocycles. The number of rotatable bonds is 1. The number of nitrogens with zero attached hydrogens (tertiary/aromatic N) is 1. The zero-order valence-corrected chi connectivity index (χ0v) is 7.26. The topological polar surface area (TPSA) is 61.4 Å². The molecule has 1 saturated heterocycles. The number of urea groups is 1. The molecule has 1 rings (SSSR count). The van der Waals surface area contributed by atoms with Gasteiger partial charge in [-0.2, -0.15) is 0 Å². The van der Waals surface area contributed by atoms with Crippen LogP contribution in [0.4, 0.5) is 4.79 Å². The van der Waals surface area contributed by atoms with Gasteiger partial charge in [0.25, 0.3) is 0 Å². The fraction of sp³-hybridized carbons (Fsp3) is 0.714. The molecule has 12 heavy (non-hydrogen) atoms. The van der Waals surface area contributed by atoms with Crippen molar-refractivity contribution in [2.45, 2.75) is 19.5 Å². The molecule has 0 radical (unpaired) electrons. The van der Waals surface area contributed by atoms with Gasteiger partial charge in [-0.25, -0.2) is 4.79 Å². The molecule has 1 unspecified atom stereocenters. The third-order valence-electron chi connectivity index (χ3n) is 1.78. The summed E-state index contributed by atoms with van der Waals surface area (Å²) in [6.45, 7) is 2.11. The number of carbonyl (C=O) groups excluding carboxylic acids is 2. The lowest BCUT2D eigenvalue weighted by atomic mass is 10.2. The molecule has 2 N–H and O–H groups in total. The van der Waals surface area contributed by atoms with Crippen LogP contribution in [-0.2, 0) is 4.79 Å². The van der Waals surface area contributed by atoms with E-state index in [9.17, 15) is 9.59 Å². The van der Waals surface area contributed by atoms with Crippen LogP contribution in [0, 0.1) is 0 Å². The summed E-state index contributed by atoms with van der Waals surface area (Å²) in [4.78, 5) is 23.3. The van der Waals surface area contributed by atoms with E-state index in [1.807, 2.05) is 0 Å². The van der Waals surface area contributed by atoms with Crippen molar-refractivity contribution in [2.75, 3.05) is 13.6 Å². The van der Waals surface area contributed by atoms with E-state index in [0.717, 1.165) is 6.42 Å². The molecule has 0 aromatic rings. The van der Waals surface area contributed by atoms with Crippen LogP contribution in [0.5, 0.6) is 0 Å². The van der Waals surface area contributed by atoms with Crippen LogP contribution < -0.4 is 10.6 Å². The molecule has 0 aliphatic carbocycles. The van der Waals surface area contributed by atoms with Crippen molar-refractivity contribution >= 4 is 11.9 Å². The maximum atomic E-state index is 11.0. The Hall–Kier alpha value is -1.26. The SMILES string of the molecule is CC(=O)NC1CCN(C)C(=O)N1. The van der Waals surface area contributed by atoms with E-state index in [2.05, 4.69) is 10.6 Å². The Labute approximate surface area is 71.1 Å². The van der Waals surface area contributed by atoms with E-state index < -0.39 is 0 Å². The predicted molar refractivity (Wildman–Crippen MR) is 43.4 cm³/mol. The van der Waals surface area contributed by atoms with Crippen molar-refractivity contribution in [3.8, 4) is 0 Å². The highest BCUT2D eigenvalue weighted by Gasteiger charge is 2.21. The molecular formula is C7H13N3O2. The summed E-state index contributed by atoms with van der Waals surface area (Å²) < 4.78 is 0. The van der Waals surface area contributed by atoms with Gasteiger partial charge in [-0.05, 0) is 0 Å². The minimum atomic E-state index is -0.203. The van der Waals surface area contributed by atoms with Gasteiger partial charge < -0.3 is 15.5 Å². The Morgan fingerprint density at radius 1 is 1.75 bits per heavy atom. The molecular weight excluding hydrogens is 158 g/mol. The second kappa shape index (κ2) is 3.42. The monoisotopic (exact) mass is 171 g/mol. The summed E-state index contributed by atoms with van der Waals surface area (Å²) in [7, 11) is 1.72. The first-order valence-corrected chi connectivity index (χ1v) is 3.88. The molecule has 1 aliphatic rings. The summed E-state index contributed by atoms with van der Waals surface area (Å²) in [5.74, 6) is -0.121. The van der Waals surface area contributed by atoms with Crippen molar-refractivity contribution in [1.82, 2.24) is 15.5 Å². The van der Waals surface area contributed by atoms with Crippen molar-refractivity contribution in [2.24, 2.45) is 0 Å². The van der Waals surface area contributed by atoms with E-state index >= 15 is 0 Å². The van der Waals surface area contributed by atoms with Gasteiger partial charge in [0, 0.05) is 26.9 Å². The van der Waals surface area contributed by atoms with Gasteiger partial charge in [0.2, 0.25) is 5.91 Å². The van der Waals surface area contributed by atoms with Crippen molar-refractivity contribution in [3.63, 3.8) is 0 Å². The van der Waals surface area contributed by atoms with Crippen LogP contribution in [0.2, 0.25) is 0 Å². The Morgan fingerprint density at radius 3 is 2.92 bits per heavy atom. The van der Waals surface area contributed by atoms with Gasteiger partial charge in [-0.15, -0.1) is 0 Å². The molecule has 68 valence electrons. The van der Waals surface area contributed by atoms with Gasteiger partial charge in [0.05, 0.1) is 0 Å². The van der Waals surface area contributed by atoms with E-state index in [0.29, 0.717) is 6.54 Å². The highest BCUT2D eigenvalue weighted by atomic mass is 16.2. The molecule has 5 nitrogen and oxygen atoms in total. The molecule has 1 atom stereocenters. The highest BCUT2D eigenvalue weighted by molar-refractivity contribution is 5.77. The predicted octanol–water partition coefficient (Wildman–Crippen LogP) is -0.506. The van der Waals surface area contributed by atoms with Crippen LogP contribution in [0.1, 0.15) is 13.3 Å². The van der Waals surface area contributed by atoms with Crippen LogP contribution in [0.25, 0.3) is 0 Å². The van der Waals surface area contributed by atoms with Crippen LogP contribution in [0.3, 0.4) is 0 Å². The maximum Gasteiger partial charge on any atom is 0.318 e. The lowest BCUT2D eigenvalue weighted by Crippen LogP contribution is -2.56. The van der Waals surface area contributed by atoms with E-state index in [1.54, 1.807) is 11.9 Å². The number of amides is 3. The minimum absolute atomic E-state index is 0.121. The summed E-state index contributed by atoms with van der Waals surface area (Å²) in [6.07, 6.45) is 0.549. The average molecular weight is 171 g/mol. The van der Waals surface area contributed by atoms with Crippen molar-refractivity contribution in [1.29, 1.82) is 0 Å². The summed E-state index contributed by atoms with van der Waals surface area (Å²) in [5, 5.41) is 5.29. The molecule has 5 heteroatoms.